The Bertz CT molecular complexity index is 573. The number of nitrogens with zero attached hydrogens (tertiary/aromatic N) is 1. The van der Waals surface area contributed by atoms with Gasteiger partial charge < -0.3 is 14.9 Å². The molecule has 0 aromatic heterocycles. The minimum absolute atomic E-state index is 0.0705. The Morgan fingerprint density at radius 1 is 1.17 bits per heavy atom. The van der Waals surface area contributed by atoms with E-state index >= 15 is 0 Å². The SMILES string of the molecule is O=C(O)C[C@H]1CCN(C(=O)OCc2ccccc2)[C@H](C(=O)O)C1. The van der Waals surface area contributed by atoms with Gasteiger partial charge in [-0.15, -0.1) is 0 Å². The van der Waals surface area contributed by atoms with Crippen LogP contribution < -0.4 is 0 Å². The van der Waals surface area contributed by atoms with Crippen LogP contribution in [0.25, 0.3) is 0 Å². The number of hydrogen-bond donors (Lipinski definition) is 2. The summed E-state index contributed by atoms with van der Waals surface area (Å²) < 4.78 is 5.17. The summed E-state index contributed by atoms with van der Waals surface area (Å²) in [6.45, 7) is 0.254. The summed E-state index contributed by atoms with van der Waals surface area (Å²) in [6, 6.07) is 8.05. The van der Waals surface area contributed by atoms with Gasteiger partial charge in [0.1, 0.15) is 12.6 Å². The predicted molar refractivity (Wildman–Crippen MR) is 79.7 cm³/mol. The van der Waals surface area contributed by atoms with Crippen LogP contribution in [0.15, 0.2) is 30.3 Å². The second-order valence-corrected chi connectivity index (χ2v) is 5.58. The Labute approximate surface area is 133 Å². The molecule has 23 heavy (non-hydrogen) atoms. The maximum atomic E-state index is 12.1. The van der Waals surface area contributed by atoms with Crippen molar-refractivity contribution in [3.63, 3.8) is 0 Å². The molecule has 1 saturated heterocycles. The Morgan fingerprint density at radius 2 is 1.87 bits per heavy atom. The molecule has 2 rings (SSSR count). The second kappa shape index (κ2) is 7.62. The van der Waals surface area contributed by atoms with E-state index in [0.29, 0.717) is 6.42 Å². The third kappa shape index (κ3) is 4.70. The molecule has 7 heteroatoms. The van der Waals surface area contributed by atoms with Gasteiger partial charge in [-0.05, 0) is 24.3 Å². The molecule has 0 aliphatic carbocycles. The van der Waals surface area contributed by atoms with Crippen molar-refractivity contribution in [2.75, 3.05) is 6.54 Å². The summed E-state index contributed by atoms with van der Waals surface area (Å²) in [5.74, 6) is -2.34. The van der Waals surface area contributed by atoms with E-state index < -0.39 is 24.1 Å². The van der Waals surface area contributed by atoms with Crippen LogP contribution in [0.1, 0.15) is 24.8 Å². The Hall–Kier alpha value is -2.57. The summed E-state index contributed by atoms with van der Waals surface area (Å²) in [5, 5.41) is 18.1. The van der Waals surface area contributed by atoms with Crippen molar-refractivity contribution in [3.05, 3.63) is 35.9 Å². The highest BCUT2D eigenvalue weighted by molar-refractivity contribution is 5.80. The Kier molecular flexibility index (Phi) is 5.56. The topological polar surface area (TPSA) is 104 Å². The molecule has 1 aromatic carbocycles. The zero-order valence-electron chi connectivity index (χ0n) is 12.6. The van der Waals surface area contributed by atoms with Gasteiger partial charge in [0.2, 0.25) is 0 Å². The average Bonchev–Trinajstić information content (AvgIpc) is 2.53. The fraction of sp³-hybridized carbons (Fsp3) is 0.438. The van der Waals surface area contributed by atoms with Gasteiger partial charge in [-0.3, -0.25) is 9.69 Å². The molecule has 0 radical (unpaired) electrons. The fourth-order valence-electron chi connectivity index (χ4n) is 2.73. The molecule has 2 N–H and O–H groups in total. The van der Waals surface area contributed by atoms with Gasteiger partial charge in [0.15, 0.2) is 0 Å². The molecular weight excluding hydrogens is 302 g/mol. The van der Waals surface area contributed by atoms with Gasteiger partial charge in [-0.25, -0.2) is 9.59 Å². The maximum absolute atomic E-state index is 12.1. The van der Waals surface area contributed by atoms with Crippen molar-refractivity contribution >= 4 is 18.0 Å². The van der Waals surface area contributed by atoms with E-state index in [4.69, 9.17) is 9.84 Å². The molecule has 0 saturated carbocycles. The van der Waals surface area contributed by atoms with Crippen molar-refractivity contribution in [1.82, 2.24) is 4.90 Å². The lowest BCUT2D eigenvalue weighted by Gasteiger charge is -2.35. The summed E-state index contributed by atoms with van der Waals surface area (Å²) in [7, 11) is 0. The predicted octanol–water partition coefficient (Wildman–Crippen LogP) is 1.96. The molecule has 124 valence electrons. The van der Waals surface area contributed by atoms with Gasteiger partial charge in [0, 0.05) is 13.0 Å². The Balaban J connectivity index is 1.95. The van der Waals surface area contributed by atoms with Crippen LogP contribution in [0.2, 0.25) is 0 Å². The molecule has 1 aliphatic rings. The average molecular weight is 321 g/mol. The fourth-order valence-corrected chi connectivity index (χ4v) is 2.73. The molecule has 0 unspecified atom stereocenters. The van der Waals surface area contributed by atoms with Gasteiger partial charge in [-0.1, -0.05) is 30.3 Å². The lowest BCUT2D eigenvalue weighted by molar-refractivity contribution is -0.146. The second-order valence-electron chi connectivity index (χ2n) is 5.58. The highest BCUT2D eigenvalue weighted by Crippen LogP contribution is 2.26. The largest absolute Gasteiger partial charge is 0.481 e. The number of rotatable bonds is 5. The van der Waals surface area contributed by atoms with Crippen molar-refractivity contribution in [2.24, 2.45) is 5.92 Å². The molecule has 7 nitrogen and oxygen atoms in total. The molecule has 2 atom stereocenters. The van der Waals surface area contributed by atoms with Crippen LogP contribution in [0.4, 0.5) is 4.79 Å². The standard InChI is InChI=1S/C16H19NO6/c18-14(19)9-12-6-7-17(13(8-12)15(20)21)16(22)23-10-11-4-2-1-3-5-11/h1-5,12-13H,6-10H2,(H,18,19)(H,20,21)/t12-,13-/m0/s1. The number of carboxylic acids is 2. The summed E-state index contributed by atoms with van der Waals surface area (Å²) >= 11 is 0. The monoisotopic (exact) mass is 321 g/mol. The van der Waals surface area contributed by atoms with E-state index in [1.54, 1.807) is 12.1 Å². The number of likely N-dealkylation sites (tertiary alicyclic amines) is 1. The molecular formula is C16H19NO6. The maximum Gasteiger partial charge on any atom is 0.410 e. The highest BCUT2D eigenvalue weighted by Gasteiger charge is 2.37. The third-order valence-corrected chi connectivity index (χ3v) is 3.90. The number of hydrogen-bond acceptors (Lipinski definition) is 4. The number of benzene rings is 1. The lowest BCUT2D eigenvalue weighted by Crippen LogP contribution is -2.50. The number of carboxylic acid groups (broad SMARTS) is 2. The van der Waals surface area contributed by atoms with Crippen molar-refractivity contribution in [1.29, 1.82) is 0 Å². The Morgan fingerprint density at radius 3 is 2.48 bits per heavy atom. The molecule has 1 heterocycles. The molecule has 0 spiro atoms. The first-order valence-corrected chi connectivity index (χ1v) is 7.39. The van der Waals surface area contributed by atoms with Crippen LogP contribution in [0, 0.1) is 5.92 Å². The van der Waals surface area contributed by atoms with E-state index in [9.17, 15) is 19.5 Å². The zero-order chi connectivity index (χ0) is 16.8. The van der Waals surface area contributed by atoms with E-state index in [1.165, 1.54) is 4.90 Å². The lowest BCUT2D eigenvalue weighted by atomic mass is 9.88. The number of carbonyl (C=O) groups excluding carboxylic acids is 1. The minimum Gasteiger partial charge on any atom is -0.481 e. The smallest absolute Gasteiger partial charge is 0.410 e. The van der Waals surface area contributed by atoms with Gasteiger partial charge >= 0.3 is 18.0 Å². The van der Waals surface area contributed by atoms with Crippen molar-refractivity contribution in [2.45, 2.75) is 31.9 Å². The number of piperidine rings is 1. The van der Waals surface area contributed by atoms with Crippen LogP contribution in [-0.2, 0) is 20.9 Å². The third-order valence-electron chi connectivity index (χ3n) is 3.90. The summed E-state index contributed by atoms with van der Waals surface area (Å²) in [4.78, 5) is 35.5. The number of amides is 1. The van der Waals surface area contributed by atoms with Crippen LogP contribution in [0.5, 0.6) is 0 Å². The first-order chi connectivity index (χ1) is 11.0. The first kappa shape index (κ1) is 16.8. The number of ether oxygens (including phenoxy) is 1. The van der Waals surface area contributed by atoms with E-state index in [-0.39, 0.29) is 31.9 Å². The van der Waals surface area contributed by atoms with Gasteiger partial charge in [0.05, 0.1) is 0 Å². The van der Waals surface area contributed by atoms with Crippen molar-refractivity contribution < 1.29 is 29.3 Å². The molecule has 0 bridgehead atoms. The summed E-state index contributed by atoms with van der Waals surface area (Å²) in [6.07, 6.45) is -0.190. The molecule has 1 fully saturated rings. The van der Waals surface area contributed by atoms with Gasteiger partial charge in [-0.2, -0.15) is 0 Å². The number of carbonyl (C=O) groups is 3. The zero-order valence-corrected chi connectivity index (χ0v) is 12.6. The molecule has 1 amide bonds. The first-order valence-electron chi connectivity index (χ1n) is 7.39. The molecule has 1 aliphatic heterocycles. The quantitative estimate of drug-likeness (QED) is 0.859. The van der Waals surface area contributed by atoms with Crippen molar-refractivity contribution in [3.8, 4) is 0 Å². The normalized spacial score (nSPS) is 20.8. The van der Waals surface area contributed by atoms with E-state index in [1.807, 2.05) is 18.2 Å². The molecule has 1 aromatic rings. The summed E-state index contributed by atoms with van der Waals surface area (Å²) in [5.41, 5.74) is 0.813. The van der Waals surface area contributed by atoms with E-state index in [0.717, 1.165) is 5.56 Å². The van der Waals surface area contributed by atoms with Gasteiger partial charge in [0.25, 0.3) is 0 Å². The minimum atomic E-state index is -1.14. The van der Waals surface area contributed by atoms with Crippen LogP contribution >= 0.6 is 0 Å². The highest BCUT2D eigenvalue weighted by atomic mass is 16.6. The van der Waals surface area contributed by atoms with Crippen LogP contribution in [-0.4, -0.2) is 45.7 Å². The van der Waals surface area contributed by atoms with E-state index in [2.05, 4.69) is 0 Å². The van der Waals surface area contributed by atoms with Crippen LogP contribution in [0.3, 0.4) is 0 Å². The number of aliphatic carboxylic acids is 2.